The van der Waals surface area contributed by atoms with Gasteiger partial charge >= 0.3 is 0 Å². The molecule has 0 aromatic carbocycles. The lowest BCUT2D eigenvalue weighted by molar-refractivity contribution is 0.180. The average molecular weight is 289 g/mol. The highest BCUT2D eigenvalue weighted by molar-refractivity contribution is 7.10. The minimum atomic E-state index is 0.0862. The van der Waals surface area contributed by atoms with Gasteiger partial charge in [-0.05, 0) is 45.1 Å². The van der Waals surface area contributed by atoms with Crippen LogP contribution in [0.25, 0.3) is 0 Å². The fourth-order valence-corrected chi connectivity index (χ4v) is 3.85. The average Bonchev–Trinajstić information content (AvgIpc) is 2.67. The molecule has 1 aliphatic rings. The number of likely N-dealkylation sites (N-methyl/N-ethyl adjacent to an activating group) is 2. The van der Waals surface area contributed by atoms with Crippen LogP contribution in [0.2, 0.25) is 5.02 Å². The molecule has 1 aromatic heterocycles. The molecule has 0 amide bonds. The van der Waals surface area contributed by atoms with Crippen LogP contribution in [0.1, 0.15) is 17.3 Å². The highest BCUT2D eigenvalue weighted by Gasteiger charge is 2.30. The fourth-order valence-electron chi connectivity index (χ4n) is 2.55. The van der Waals surface area contributed by atoms with E-state index in [-0.39, 0.29) is 6.04 Å². The summed E-state index contributed by atoms with van der Waals surface area (Å²) in [6, 6.07) is 2.37. The first-order chi connectivity index (χ1) is 8.63. The predicted octanol–water partition coefficient (Wildman–Crippen LogP) is 1.54. The van der Waals surface area contributed by atoms with Crippen molar-refractivity contribution in [2.24, 2.45) is 5.84 Å². The smallest absolute Gasteiger partial charge is 0.0735 e. The Morgan fingerprint density at radius 2 is 2.28 bits per heavy atom. The van der Waals surface area contributed by atoms with Gasteiger partial charge in [0, 0.05) is 17.5 Å². The van der Waals surface area contributed by atoms with Crippen molar-refractivity contribution in [2.75, 3.05) is 33.7 Å². The van der Waals surface area contributed by atoms with Gasteiger partial charge in [-0.15, -0.1) is 11.3 Å². The van der Waals surface area contributed by atoms with Crippen LogP contribution in [0.15, 0.2) is 11.4 Å². The molecule has 1 aliphatic heterocycles. The van der Waals surface area contributed by atoms with Crippen LogP contribution < -0.4 is 11.3 Å². The van der Waals surface area contributed by atoms with Gasteiger partial charge < -0.3 is 9.80 Å². The van der Waals surface area contributed by atoms with E-state index < -0.39 is 0 Å². The lowest BCUT2D eigenvalue weighted by Gasteiger charge is -2.33. The number of nitrogens with two attached hydrogens (primary N) is 1. The molecule has 1 saturated heterocycles. The van der Waals surface area contributed by atoms with Crippen molar-refractivity contribution in [1.82, 2.24) is 15.2 Å². The molecular formula is C12H21ClN4S. The maximum Gasteiger partial charge on any atom is 0.0735 e. The van der Waals surface area contributed by atoms with Gasteiger partial charge in [0.15, 0.2) is 0 Å². The van der Waals surface area contributed by atoms with Crippen LogP contribution in [0, 0.1) is 0 Å². The van der Waals surface area contributed by atoms with E-state index in [2.05, 4.69) is 29.3 Å². The second-order valence-electron chi connectivity index (χ2n) is 4.94. The van der Waals surface area contributed by atoms with Crippen LogP contribution in [-0.4, -0.2) is 49.6 Å². The topological polar surface area (TPSA) is 44.5 Å². The van der Waals surface area contributed by atoms with Gasteiger partial charge in [-0.3, -0.25) is 11.3 Å². The van der Waals surface area contributed by atoms with Crippen LogP contribution >= 0.6 is 22.9 Å². The zero-order chi connectivity index (χ0) is 13.1. The number of halogens is 1. The van der Waals surface area contributed by atoms with Crippen molar-refractivity contribution >= 4 is 22.9 Å². The third kappa shape index (κ3) is 3.04. The molecule has 0 spiro atoms. The predicted molar refractivity (Wildman–Crippen MR) is 77.9 cm³/mol. The van der Waals surface area contributed by atoms with Gasteiger partial charge in [0.1, 0.15) is 0 Å². The highest BCUT2D eigenvalue weighted by Crippen LogP contribution is 2.32. The Morgan fingerprint density at radius 3 is 2.89 bits per heavy atom. The Bertz CT molecular complexity index is 384. The normalized spacial score (nSPS) is 25.0. The van der Waals surface area contributed by atoms with Crippen molar-refractivity contribution in [3.8, 4) is 0 Å². The van der Waals surface area contributed by atoms with Crippen LogP contribution in [0.3, 0.4) is 0 Å². The van der Waals surface area contributed by atoms with E-state index in [0.29, 0.717) is 6.04 Å². The van der Waals surface area contributed by atoms with Gasteiger partial charge in [-0.25, -0.2) is 0 Å². The van der Waals surface area contributed by atoms with Crippen LogP contribution in [-0.2, 0) is 0 Å². The molecule has 0 bridgehead atoms. The van der Waals surface area contributed by atoms with Crippen molar-refractivity contribution in [3.05, 3.63) is 21.3 Å². The van der Waals surface area contributed by atoms with E-state index in [4.69, 9.17) is 17.4 Å². The van der Waals surface area contributed by atoms with Crippen molar-refractivity contribution < 1.29 is 0 Å². The molecule has 3 N–H and O–H groups in total. The fraction of sp³-hybridized carbons (Fsp3) is 0.667. The minimum absolute atomic E-state index is 0.0862. The lowest BCUT2D eigenvalue weighted by Crippen LogP contribution is -2.48. The zero-order valence-electron chi connectivity index (χ0n) is 10.9. The number of hydrazine groups is 1. The van der Waals surface area contributed by atoms with Gasteiger partial charge in [0.2, 0.25) is 0 Å². The monoisotopic (exact) mass is 288 g/mol. The largest absolute Gasteiger partial charge is 0.305 e. The molecule has 4 nitrogen and oxygen atoms in total. The SMILES string of the molecule is CN1CCCN(C)C(C(NN)c2sccc2Cl)C1. The summed E-state index contributed by atoms with van der Waals surface area (Å²) in [5.41, 5.74) is 2.95. The Hall–Kier alpha value is -0.170. The lowest BCUT2D eigenvalue weighted by atomic mass is 10.1. The van der Waals surface area contributed by atoms with E-state index in [0.717, 1.165) is 29.5 Å². The molecule has 1 fully saturated rings. The Kier molecular flexibility index (Phi) is 5.00. The number of rotatable bonds is 3. The van der Waals surface area contributed by atoms with Crippen LogP contribution in [0.5, 0.6) is 0 Å². The maximum absolute atomic E-state index is 6.24. The second kappa shape index (κ2) is 6.32. The van der Waals surface area contributed by atoms with Gasteiger partial charge in [-0.1, -0.05) is 11.6 Å². The number of nitrogens with zero attached hydrogens (tertiary/aromatic N) is 2. The summed E-state index contributed by atoms with van der Waals surface area (Å²) in [6.07, 6.45) is 1.19. The number of hydrogen-bond acceptors (Lipinski definition) is 5. The summed E-state index contributed by atoms with van der Waals surface area (Å²) in [4.78, 5) is 5.87. The molecule has 102 valence electrons. The second-order valence-corrected chi connectivity index (χ2v) is 6.30. The molecule has 18 heavy (non-hydrogen) atoms. The van der Waals surface area contributed by atoms with E-state index in [1.165, 1.54) is 6.42 Å². The van der Waals surface area contributed by atoms with Crippen LogP contribution in [0.4, 0.5) is 0 Å². The van der Waals surface area contributed by atoms with Crippen molar-refractivity contribution in [1.29, 1.82) is 0 Å². The van der Waals surface area contributed by atoms with E-state index >= 15 is 0 Å². The third-order valence-electron chi connectivity index (χ3n) is 3.61. The molecule has 2 rings (SSSR count). The maximum atomic E-state index is 6.24. The molecule has 0 aliphatic carbocycles. The molecule has 2 atom stereocenters. The summed E-state index contributed by atoms with van der Waals surface area (Å²) >= 11 is 7.91. The van der Waals surface area contributed by atoms with E-state index in [1.54, 1.807) is 11.3 Å². The number of nitrogens with one attached hydrogen (secondary N) is 1. The molecule has 0 saturated carbocycles. The molecular weight excluding hydrogens is 268 g/mol. The van der Waals surface area contributed by atoms with Gasteiger partial charge in [0.25, 0.3) is 0 Å². The summed E-state index contributed by atoms with van der Waals surface area (Å²) in [6.45, 7) is 3.23. The van der Waals surface area contributed by atoms with Gasteiger partial charge in [-0.2, -0.15) is 0 Å². The Labute approximate surface area is 118 Å². The molecule has 1 aromatic rings. The standard InChI is InChI=1S/C12H21ClN4S/c1-16-5-3-6-17(2)10(8-16)11(15-14)12-9(13)4-7-18-12/h4,7,10-11,15H,3,5-6,8,14H2,1-2H3. The van der Waals surface area contributed by atoms with Crippen molar-refractivity contribution in [2.45, 2.75) is 18.5 Å². The van der Waals surface area contributed by atoms with E-state index in [1.807, 2.05) is 11.4 Å². The molecule has 6 heteroatoms. The quantitative estimate of drug-likeness (QED) is 0.654. The zero-order valence-corrected chi connectivity index (χ0v) is 12.5. The molecule has 0 radical (unpaired) electrons. The summed E-state index contributed by atoms with van der Waals surface area (Å²) in [5, 5.41) is 2.82. The molecule has 2 unspecified atom stereocenters. The first-order valence-corrected chi connectivity index (χ1v) is 7.47. The van der Waals surface area contributed by atoms with Gasteiger partial charge in [0.05, 0.1) is 11.1 Å². The highest BCUT2D eigenvalue weighted by atomic mass is 35.5. The molecule has 2 heterocycles. The summed E-state index contributed by atoms with van der Waals surface area (Å²) < 4.78 is 0. The Morgan fingerprint density at radius 1 is 1.50 bits per heavy atom. The Balaban J connectivity index is 2.22. The minimum Gasteiger partial charge on any atom is -0.305 e. The summed E-state index contributed by atoms with van der Waals surface area (Å²) in [7, 11) is 4.32. The van der Waals surface area contributed by atoms with Crippen molar-refractivity contribution in [3.63, 3.8) is 0 Å². The first kappa shape index (κ1) is 14.2. The summed E-state index contributed by atoms with van der Waals surface area (Å²) in [5.74, 6) is 5.78. The number of thiophene rings is 1. The number of hydrogen-bond donors (Lipinski definition) is 2. The first-order valence-electron chi connectivity index (χ1n) is 6.21. The van der Waals surface area contributed by atoms with E-state index in [9.17, 15) is 0 Å². The third-order valence-corrected chi connectivity index (χ3v) is 5.05.